The highest BCUT2D eigenvalue weighted by molar-refractivity contribution is 7.16. The normalized spacial score (nSPS) is 15.5. The third-order valence-corrected chi connectivity index (χ3v) is 7.73. The van der Waals surface area contributed by atoms with E-state index in [0.29, 0.717) is 22.2 Å². The highest BCUT2D eigenvalue weighted by Gasteiger charge is 2.33. The number of anilines is 1. The molecule has 0 fully saturated rings. The summed E-state index contributed by atoms with van der Waals surface area (Å²) in [4.78, 5) is 29.9. The van der Waals surface area contributed by atoms with Crippen LogP contribution in [0.5, 0.6) is 11.5 Å². The lowest BCUT2D eigenvalue weighted by Gasteiger charge is -2.33. The zero-order valence-electron chi connectivity index (χ0n) is 20.7. The zero-order chi connectivity index (χ0) is 26.0. The quantitative estimate of drug-likeness (QED) is 0.224. The number of nitro benzene ring substituents is 1. The number of thiophene rings is 1. The van der Waals surface area contributed by atoms with Crippen molar-refractivity contribution in [2.75, 3.05) is 12.4 Å². The molecular weight excluding hydrogens is 478 g/mol. The molecule has 1 aliphatic rings. The Labute approximate surface area is 213 Å². The molecule has 0 spiro atoms. The summed E-state index contributed by atoms with van der Waals surface area (Å²) in [6.07, 6.45) is 3.96. The smallest absolute Gasteiger partial charge is 0.274 e. The largest absolute Gasteiger partial charge is 0.504 e. The number of phenolic OH excluding ortho intramolecular Hbond substituents is 1. The maximum absolute atomic E-state index is 13.4. The highest BCUT2D eigenvalue weighted by Crippen LogP contribution is 2.45. The first-order chi connectivity index (χ1) is 17.1. The monoisotopic (exact) mass is 507 g/mol. The van der Waals surface area contributed by atoms with Crippen LogP contribution in [0.3, 0.4) is 0 Å². The number of para-hydroxylation sites is 1. The van der Waals surface area contributed by atoms with Crippen LogP contribution in [-0.2, 0) is 12.8 Å². The van der Waals surface area contributed by atoms with E-state index in [-0.39, 0.29) is 34.1 Å². The van der Waals surface area contributed by atoms with Crippen molar-refractivity contribution >= 4 is 39.8 Å². The molecule has 188 valence electrons. The molecule has 0 saturated heterocycles. The minimum atomic E-state index is -0.561. The molecule has 2 N–H and O–H groups in total. The van der Waals surface area contributed by atoms with Crippen molar-refractivity contribution in [2.45, 2.75) is 40.0 Å². The van der Waals surface area contributed by atoms with Crippen molar-refractivity contribution in [3.8, 4) is 11.5 Å². The molecule has 4 rings (SSSR count). The Morgan fingerprint density at radius 3 is 2.64 bits per heavy atom. The second-order valence-electron chi connectivity index (χ2n) is 9.91. The van der Waals surface area contributed by atoms with E-state index in [1.807, 2.05) is 30.3 Å². The van der Waals surface area contributed by atoms with Crippen LogP contribution in [0.25, 0.3) is 0 Å². The predicted octanol–water partition coefficient (Wildman–Crippen LogP) is 6.52. The average molecular weight is 508 g/mol. The van der Waals surface area contributed by atoms with Crippen molar-refractivity contribution in [3.63, 3.8) is 0 Å². The number of rotatable bonds is 6. The van der Waals surface area contributed by atoms with Crippen LogP contribution in [0.1, 0.15) is 53.6 Å². The molecule has 8 nitrogen and oxygen atoms in total. The second kappa shape index (κ2) is 10.1. The molecule has 0 radical (unpaired) electrons. The molecule has 2 aromatic carbocycles. The van der Waals surface area contributed by atoms with Crippen LogP contribution < -0.4 is 10.1 Å². The van der Waals surface area contributed by atoms with Gasteiger partial charge in [-0.15, -0.1) is 11.3 Å². The topological polar surface area (TPSA) is 114 Å². The molecule has 9 heteroatoms. The summed E-state index contributed by atoms with van der Waals surface area (Å²) in [5, 5.41) is 25.3. The number of aliphatic imine (C=N–C) groups is 1. The number of benzene rings is 2. The minimum Gasteiger partial charge on any atom is -0.504 e. The van der Waals surface area contributed by atoms with Crippen LogP contribution in [-0.4, -0.2) is 29.3 Å². The van der Waals surface area contributed by atoms with Crippen molar-refractivity contribution in [1.82, 2.24) is 0 Å². The lowest BCUT2D eigenvalue weighted by Crippen LogP contribution is -2.27. The van der Waals surface area contributed by atoms with Gasteiger partial charge in [0.25, 0.3) is 11.6 Å². The van der Waals surface area contributed by atoms with Crippen LogP contribution in [0.15, 0.2) is 47.5 Å². The summed E-state index contributed by atoms with van der Waals surface area (Å²) in [7, 11) is 1.32. The van der Waals surface area contributed by atoms with E-state index in [9.17, 15) is 20.0 Å². The van der Waals surface area contributed by atoms with E-state index in [2.05, 4.69) is 31.1 Å². The van der Waals surface area contributed by atoms with Crippen molar-refractivity contribution in [2.24, 2.45) is 16.3 Å². The number of nitro groups is 1. The minimum absolute atomic E-state index is 0.0220. The first-order valence-electron chi connectivity index (χ1n) is 11.7. The molecule has 0 aliphatic heterocycles. The molecule has 0 unspecified atom stereocenters. The number of hydrogen-bond donors (Lipinski definition) is 2. The Kier molecular flexibility index (Phi) is 7.12. The Hall–Kier alpha value is -3.72. The second-order valence-corrected chi connectivity index (χ2v) is 11.0. The maximum Gasteiger partial charge on any atom is 0.274 e. The summed E-state index contributed by atoms with van der Waals surface area (Å²) < 4.78 is 5.09. The van der Waals surface area contributed by atoms with Crippen molar-refractivity contribution < 1.29 is 19.6 Å². The molecule has 1 amide bonds. The fourth-order valence-electron chi connectivity index (χ4n) is 4.45. The SMILES string of the molecule is COc1cc([N+](=O)[O-])cc(C=Nc2sc3c(c2C(=O)Nc2ccccc2)CC[C@H](C(C)(C)C)C3)c1O. The standard InChI is InChI=1S/C27H29N3O5S/c1-27(2,3)17-10-11-20-22(13-17)36-26(23(20)25(32)29-18-8-6-5-7-9-18)28-15-16-12-19(30(33)34)14-21(35-4)24(16)31/h5-9,12,14-15,17,31H,10-11,13H2,1-4H3,(H,29,32)/t17-/m0/s1. The van der Waals surface area contributed by atoms with E-state index in [4.69, 9.17) is 4.74 Å². The number of fused-ring (bicyclic) bond motifs is 1. The van der Waals surface area contributed by atoms with Gasteiger partial charge < -0.3 is 15.2 Å². The number of hydrogen-bond acceptors (Lipinski definition) is 7. The summed E-state index contributed by atoms with van der Waals surface area (Å²) >= 11 is 1.46. The fourth-order valence-corrected chi connectivity index (χ4v) is 5.72. The summed E-state index contributed by atoms with van der Waals surface area (Å²) in [6.45, 7) is 6.70. The third kappa shape index (κ3) is 5.26. The van der Waals surface area contributed by atoms with Crippen LogP contribution in [0.2, 0.25) is 0 Å². The third-order valence-electron chi connectivity index (χ3n) is 6.57. The highest BCUT2D eigenvalue weighted by atomic mass is 32.1. The number of amides is 1. The first-order valence-corrected chi connectivity index (χ1v) is 12.5. The Balaban J connectivity index is 1.77. The Bertz CT molecular complexity index is 1330. The summed E-state index contributed by atoms with van der Waals surface area (Å²) in [5.74, 6) is -0.0427. The number of aromatic hydroxyl groups is 1. The van der Waals surface area contributed by atoms with Crippen LogP contribution in [0, 0.1) is 21.4 Å². The lowest BCUT2D eigenvalue weighted by molar-refractivity contribution is -0.385. The maximum atomic E-state index is 13.4. The van der Waals surface area contributed by atoms with Crippen LogP contribution >= 0.6 is 11.3 Å². The van der Waals surface area contributed by atoms with Gasteiger partial charge in [-0.3, -0.25) is 14.9 Å². The van der Waals surface area contributed by atoms with E-state index in [1.54, 1.807) is 0 Å². The summed E-state index contributed by atoms with van der Waals surface area (Å²) in [5.41, 5.74) is 2.24. The molecular formula is C27H29N3O5S. The number of ether oxygens (including phenoxy) is 1. The number of carbonyl (C=O) groups excluding carboxylic acids is 1. The predicted molar refractivity (Wildman–Crippen MR) is 142 cm³/mol. The molecule has 1 aromatic heterocycles. The number of nitrogens with one attached hydrogen (secondary N) is 1. The molecule has 0 saturated carbocycles. The van der Waals surface area contributed by atoms with Gasteiger partial charge in [0.15, 0.2) is 11.5 Å². The van der Waals surface area contributed by atoms with Gasteiger partial charge in [0, 0.05) is 28.4 Å². The van der Waals surface area contributed by atoms with Crippen molar-refractivity contribution in [1.29, 1.82) is 0 Å². The van der Waals surface area contributed by atoms with E-state index in [1.165, 1.54) is 30.7 Å². The average Bonchev–Trinajstić information content (AvgIpc) is 3.21. The number of phenols is 1. The summed E-state index contributed by atoms with van der Waals surface area (Å²) in [6, 6.07) is 11.6. The molecule has 1 aliphatic carbocycles. The van der Waals surface area contributed by atoms with E-state index in [0.717, 1.165) is 35.8 Å². The Morgan fingerprint density at radius 2 is 2.00 bits per heavy atom. The van der Waals surface area contributed by atoms with Gasteiger partial charge in [-0.25, -0.2) is 4.99 Å². The van der Waals surface area contributed by atoms with Gasteiger partial charge in [-0.05, 0) is 48.3 Å². The number of nitrogens with zero attached hydrogens (tertiary/aromatic N) is 2. The van der Waals surface area contributed by atoms with Gasteiger partial charge >= 0.3 is 0 Å². The molecule has 1 heterocycles. The van der Waals surface area contributed by atoms with Crippen molar-refractivity contribution in [3.05, 3.63) is 74.1 Å². The first kappa shape index (κ1) is 25.4. The number of methoxy groups -OCH3 is 1. The molecule has 36 heavy (non-hydrogen) atoms. The van der Waals surface area contributed by atoms with Gasteiger partial charge in [0.2, 0.25) is 0 Å². The number of carbonyl (C=O) groups is 1. The molecule has 3 aromatic rings. The van der Waals surface area contributed by atoms with E-state index >= 15 is 0 Å². The Morgan fingerprint density at radius 1 is 1.28 bits per heavy atom. The molecule has 0 bridgehead atoms. The lowest BCUT2D eigenvalue weighted by atomic mass is 9.72. The van der Waals surface area contributed by atoms with Crippen LogP contribution in [0.4, 0.5) is 16.4 Å². The van der Waals surface area contributed by atoms with Gasteiger partial charge in [0.05, 0.1) is 23.7 Å². The molecule has 1 atom stereocenters. The zero-order valence-corrected chi connectivity index (χ0v) is 21.5. The van der Waals surface area contributed by atoms with Gasteiger partial charge in [-0.2, -0.15) is 0 Å². The van der Waals surface area contributed by atoms with E-state index < -0.39 is 4.92 Å². The fraction of sp³-hybridized carbons (Fsp3) is 0.333. The van der Waals surface area contributed by atoms with Gasteiger partial charge in [-0.1, -0.05) is 39.0 Å². The number of non-ortho nitro benzene ring substituents is 1. The van der Waals surface area contributed by atoms with Gasteiger partial charge in [0.1, 0.15) is 5.00 Å².